The van der Waals surface area contributed by atoms with Crippen LogP contribution in [-0.2, 0) is 25.9 Å². The molecule has 2 aromatic rings. The second-order valence-electron chi connectivity index (χ2n) is 7.26. The van der Waals surface area contributed by atoms with Gasteiger partial charge in [-0.3, -0.25) is 4.79 Å². The summed E-state index contributed by atoms with van der Waals surface area (Å²) in [5, 5.41) is 0. The molecule has 1 aromatic carbocycles. The van der Waals surface area contributed by atoms with Crippen molar-refractivity contribution >= 4 is 27.4 Å². The molecule has 1 aliphatic heterocycles. The summed E-state index contributed by atoms with van der Waals surface area (Å²) in [6.07, 6.45) is 0.370. The third-order valence-corrected chi connectivity index (χ3v) is 7.06. The second kappa shape index (κ2) is 8.41. The van der Waals surface area contributed by atoms with Gasteiger partial charge in [0.05, 0.1) is 23.1 Å². The number of sulfone groups is 1. The molecule has 1 aromatic heterocycles. The van der Waals surface area contributed by atoms with Crippen molar-refractivity contribution in [1.29, 1.82) is 0 Å². The van der Waals surface area contributed by atoms with Gasteiger partial charge >= 0.3 is 5.97 Å². The highest BCUT2D eigenvalue weighted by Gasteiger charge is 2.36. The molecule has 0 saturated carbocycles. The maximum atomic E-state index is 12.9. The number of nitrogens with zero attached hydrogens (tertiary/aromatic N) is 2. The summed E-state index contributed by atoms with van der Waals surface area (Å²) in [4.78, 5) is 26.9. The number of carbonyl (C=O) groups excluding carboxylic acids is 2. The summed E-state index contributed by atoms with van der Waals surface area (Å²) < 4.78 is 31.2. The first-order chi connectivity index (χ1) is 13.7. The maximum Gasteiger partial charge on any atom is 0.340 e. The molecule has 0 N–H and O–H groups in total. The van der Waals surface area contributed by atoms with Crippen LogP contribution in [0.15, 0.2) is 36.4 Å². The van der Waals surface area contributed by atoms with Crippen molar-refractivity contribution in [2.24, 2.45) is 0 Å². The number of benzene rings is 1. The van der Waals surface area contributed by atoms with E-state index in [-0.39, 0.29) is 11.5 Å². The van der Waals surface area contributed by atoms with Gasteiger partial charge in [0.15, 0.2) is 16.4 Å². The zero-order valence-corrected chi connectivity index (χ0v) is 17.7. The van der Waals surface area contributed by atoms with Crippen LogP contribution in [0, 0.1) is 13.8 Å². The van der Waals surface area contributed by atoms with Gasteiger partial charge in [-0.15, -0.1) is 0 Å². The predicted molar refractivity (Wildman–Crippen MR) is 111 cm³/mol. The molecule has 156 valence electrons. The van der Waals surface area contributed by atoms with Crippen LogP contribution < -0.4 is 4.90 Å². The van der Waals surface area contributed by atoms with E-state index >= 15 is 0 Å². The van der Waals surface area contributed by atoms with Gasteiger partial charge in [-0.25, -0.2) is 13.2 Å². The van der Waals surface area contributed by atoms with Crippen molar-refractivity contribution in [2.75, 3.05) is 23.0 Å². The number of esters is 1. The second-order valence-corrected chi connectivity index (χ2v) is 9.49. The van der Waals surface area contributed by atoms with Crippen LogP contribution in [0.1, 0.15) is 35.1 Å². The van der Waals surface area contributed by atoms with Gasteiger partial charge in [0.2, 0.25) is 0 Å². The first-order valence-electron chi connectivity index (χ1n) is 9.65. The van der Waals surface area contributed by atoms with Crippen LogP contribution in [0.4, 0.5) is 5.69 Å². The average Bonchev–Trinajstić information content (AvgIpc) is 3.18. The average molecular weight is 419 g/mol. The van der Waals surface area contributed by atoms with Gasteiger partial charge in [0, 0.05) is 23.6 Å². The number of aryl methyl sites for hydroxylation is 1. The van der Waals surface area contributed by atoms with Crippen molar-refractivity contribution in [1.82, 2.24) is 4.57 Å². The molecule has 2 heterocycles. The smallest absolute Gasteiger partial charge is 0.340 e. The number of hydrogen-bond donors (Lipinski definition) is 0. The molecule has 1 fully saturated rings. The van der Waals surface area contributed by atoms with Gasteiger partial charge in [-0.1, -0.05) is 18.2 Å². The van der Waals surface area contributed by atoms with Gasteiger partial charge in [-0.05, 0) is 45.4 Å². The van der Waals surface area contributed by atoms with E-state index in [0.717, 1.165) is 17.9 Å². The van der Waals surface area contributed by atoms with Crippen LogP contribution in [0.3, 0.4) is 0 Å². The normalized spacial score (nSPS) is 17.8. The fraction of sp³-hybridized carbons (Fsp3) is 0.429. The molecule has 1 amide bonds. The minimum atomic E-state index is -3.17. The van der Waals surface area contributed by atoms with Crippen molar-refractivity contribution in [2.45, 2.75) is 39.8 Å². The third-order valence-electron chi connectivity index (χ3n) is 5.31. The molecule has 1 atom stereocenters. The highest BCUT2D eigenvalue weighted by molar-refractivity contribution is 7.91. The Kier molecular flexibility index (Phi) is 6.12. The number of ether oxygens (including phenoxy) is 1. The Morgan fingerprint density at radius 2 is 1.90 bits per heavy atom. The molecular weight excluding hydrogens is 392 g/mol. The minimum absolute atomic E-state index is 0.0527. The third kappa shape index (κ3) is 4.53. The Labute approximate surface area is 171 Å². The van der Waals surface area contributed by atoms with Gasteiger partial charge < -0.3 is 14.2 Å². The summed E-state index contributed by atoms with van der Waals surface area (Å²) in [5.74, 6) is -1.02. The van der Waals surface area contributed by atoms with Crippen LogP contribution in [0.2, 0.25) is 0 Å². The molecule has 29 heavy (non-hydrogen) atoms. The molecule has 8 heteroatoms. The van der Waals surface area contributed by atoms with Crippen LogP contribution in [0.5, 0.6) is 0 Å². The van der Waals surface area contributed by atoms with E-state index in [4.69, 9.17) is 4.74 Å². The lowest BCUT2D eigenvalue weighted by molar-refractivity contribution is -0.122. The van der Waals surface area contributed by atoms with E-state index in [1.54, 1.807) is 30.3 Å². The molecule has 0 spiro atoms. The Hall–Kier alpha value is -2.61. The van der Waals surface area contributed by atoms with E-state index in [0.29, 0.717) is 17.7 Å². The SMILES string of the molecule is CCn1c(C)cc(C(=O)OCC(=O)N(c2ccccc2)[C@@H]2CCS(=O)(=O)C2)c1C. The van der Waals surface area contributed by atoms with Crippen LogP contribution in [-0.4, -0.2) is 49.0 Å². The summed E-state index contributed by atoms with van der Waals surface area (Å²) in [6, 6.07) is 10.2. The fourth-order valence-corrected chi connectivity index (χ4v) is 5.59. The van der Waals surface area contributed by atoms with Crippen molar-refractivity contribution < 1.29 is 22.7 Å². The number of hydrogen-bond acceptors (Lipinski definition) is 5. The molecule has 3 rings (SSSR count). The number of carbonyl (C=O) groups is 2. The van der Waals surface area contributed by atoms with E-state index in [9.17, 15) is 18.0 Å². The van der Waals surface area contributed by atoms with Crippen molar-refractivity contribution in [3.05, 3.63) is 53.3 Å². The maximum absolute atomic E-state index is 12.9. The van der Waals surface area contributed by atoms with Gasteiger partial charge in [0.25, 0.3) is 5.91 Å². The largest absolute Gasteiger partial charge is 0.452 e. The summed E-state index contributed by atoms with van der Waals surface area (Å²) in [5.41, 5.74) is 2.78. The molecule has 0 aliphatic carbocycles. The predicted octanol–water partition coefficient (Wildman–Crippen LogP) is 2.50. The number of anilines is 1. The van der Waals surface area contributed by atoms with Crippen LogP contribution in [0.25, 0.3) is 0 Å². The molecule has 0 unspecified atom stereocenters. The summed E-state index contributed by atoms with van der Waals surface area (Å²) in [7, 11) is -3.17. The number of rotatable bonds is 6. The molecule has 1 saturated heterocycles. The van der Waals surface area contributed by atoms with E-state index in [1.165, 1.54) is 4.90 Å². The Morgan fingerprint density at radius 1 is 1.21 bits per heavy atom. The zero-order chi connectivity index (χ0) is 21.2. The lowest BCUT2D eigenvalue weighted by Crippen LogP contribution is -2.43. The highest BCUT2D eigenvalue weighted by atomic mass is 32.2. The first-order valence-corrected chi connectivity index (χ1v) is 11.5. The fourth-order valence-electron chi connectivity index (χ4n) is 3.90. The Balaban J connectivity index is 1.76. The molecule has 0 bridgehead atoms. The van der Waals surface area contributed by atoms with Crippen LogP contribution >= 0.6 is 0 Å². The first kappa shape index (κ1) is 21.1. The summed E-state index contributed by atoms with van der Waals surface area (Å²) in [6.45, 7) is 6.04. The molecule has 0 radical (unpaired) electrons. The summed E-state index contributed by atoms with van der Waals surface area (Å²) >= 11 is 0. The lowest BCUT2D eigenvalue weighted by atomic mass is 10.2. The van der Waals surface area contributed by atoms with Crippen molar-refractivity contribution in [3.8, 4) is 0 Å². The molecule has 1 aliphatic rings. The number of amides is 1. The van der Waals surface area contributed by atoms with E-state index in [1.807, 2.05) is 31.4 Å². The number of para-hydroxylation sites is 1. The van der Waals surface area contributed by atoms with Gasteiger partial charge in [-0.2, -0.15) is 0 Å². The molecule has 7 nitrogen and oxygen atoms in total. The quantitative estimate of drug-likeness (QED) is 0.673. The van der Waals surface area contributed by atoms with Crippen molar-refractivity contribution in [3.63, 3.8) is 0 Å². The van der Waals surface area contributed by atoms with E-state index < -0.39 is 34.4 Å². The Bertz CT molecular complexity index is 1010. The lowest BCUT2D eigenvalue weighted by Gasteiger charge is -2.28. The van der Waals surface area contributed by atoms with Gasteiger partial charge in [0.1, 0.15) is 0 Å². The minimum Gasteiger partial charge on any atom is -0.452 e. The number of aromatic nitrogens is 1. The Morgan fingerprint density at radius 3 is 2.45 bits per heavy atom. The standard InChI is InChI=1S/C21H26N2O5S/c1-4-22-15(2)12-19(16(22)3)21(25)28-13-20(24)23(17-8-6-5-7-9-17)18-10-11-29(26,27)14-18/h5-9,12,18H,4,10-11,13-14H2,1-3H3/t18-/m1/s1. The topological polar surface area (TPSA) is 85.7 Å². The highest BCUT2D eigenvalue weighted by Crippen LogP contribution is 2.25. The molecular formula is C21H26N2O5S. The zero-order valence-electron chi connectivity index (χ0n) is 16.9. The van der Waals surface area contributed by atoms with E-state index in [2.05, 4.69) is 0 Å². The monoisotopic (exact) mass is 418 g/mol.